The van der Waals surface area contributed by atoms with Gasteiger partial charge in [0.25, 0.3) is 0 Å². The topological polar surface area (TPSA) is 9.23 Å². The molecule has 1 spiro atoms. The van der Waals surface area contributed by atoms with Crippen LogP contribution in [0, 0.1) is 21.7 Å². The predicted molar refractivity (Wildman–Crippen MR) is 234 cm³/mol. The van der Waals surface area contributed by atoms with Gasteiger partial charge in [0.15, 0.2) is 0 Å². The summed E-state index contributed by atoms with van der Waals surface area (Å²) < 4.78 is 6.59. The van der Waals surface area contributed by atoms with Crippen LogP contribution in [0.2, 0.25) is 0 Å². The Hall–Kier alpha value is -4.88. The van der Waals surface area contributed by atoms with E-state index in [-0.39, 0.29) is 0 Å². The monoisotopic (exact) mass is 732 g/mol. The molecule has 1 aliphatic heterocycles. The molecule has 0 amide bonds. The first kappa shape index (κ1) is 35.5. The van der Waals surface area contributed by atoms with E-state index >= 15 is 0 Å². The zero-order valence-electron chi connectivity index (χ0n) is 34.6. The van der Waals surface area contributed by atoms with Crippen molar-refractivity contribution >= 4 is 0 Å². The molecule has 56 heavy (non-hydrogen) atoms. The van der Waals surface area contributed by atoms with Gasteiger partial charge >= 0.3 is 0 Å². The van der Waals surface area contributed by atoms with Crippen LogP contribution in [0.1, 0.15) is 126 Å². The molecule has 1 heterocycles. The summed E-state index contributed by atoms with van der Waals surface area (Å²) in [6.45, 7) is 19.9. The molecule has 0 unspecified atom stereocenters. The summed E-state index contributed by atoms with van der Waals surface area (Å²) >= 11 is 0. The highest BCUT2D eigenvalue weighted by Gasteiger charge is 2.51. The lowest BCUT2D eigenvalue weighted by atomic mass is 9.66. The van der Waals surface area contributed by atoms with Crippen molar-refractivity contribution in [2.75, 3.05) is 0 Å². The molecule has 0 atom stereocenters. The van der Waals surface area contributed by atoms with Crippen molar-refractivity contribution in [3.05, 3.63) is 167 Å². The predicted octanol–water partition coefficient (Wildman–Crippen LogP) is 15.3. The second-order valence-corrected chi connectivity index (χ2v) is 20.4. The fourth-order valence-corrected chi connectivity index (χ4v) is 11.4. The molecule has 0 aromatic heterocycles. The molecule has 3 aliphatic carbocycles. The lowest BCUT2D eigenvalue weighted by Crippen LogP contribution is -2.32. The third-order valence-electron chi connectivity index (χ3n) is 16.0. The summed E-state index contributed by atoms with van der Waals surface area (Å²) in [7, 11) is 0. The molecule has 1 nitrogen and oxygen atoms in total. The first-order valence-corrected chi connectivity index (χ1v) is 21.1. The van der Waals surface area contributed by atoms with E-state index in [4.69, 9.17) is 4.74 Å². The molecule has 6 aromatic rings. The lowest BCUT2D eigenvalue weighted by Gasteiger charge is -2.39. The summed E-state index contributed by atoms with van der Waals surface area (Å²) in [5.74, 6) is 3.03. The Kier molecular flexibility index (Phi) is 7.65. The Morgan fingerprint density at radius 2 is 0.786 bits per heavy atom. The van der Waals surface area contributed by atoms with Crippen LogP contribution in [-0.2, 0) is 5.41 Å². The molecular formula is C55H56O. The molecule has 10 rings (SSSR count). The van der Waals surface area contributed by atoms with E-state index in [2.05, 4.69) is 189 Å². The molecule has 2 saturated carbocycles. The van der Waals surface area contributed by atoms with Crippen LogP contribution in [0.4, 0.5) is 0 Å². The Balaban J connectivity index is 1.07. The summed E-state index contributed by atoms with van der Waals surface area (Å²) in [5, 5.41) is 0. The van der Waals surface area contributed by atoms with Crippen molar-refractivity contribution in [1.29, 1.82) is 0 Å². The van der Waals surface area contributed by atoms with Crippen LogP contribution in [-0.4, -0.2) is 0 Å². The van der Waals surface area contributed by atoms with Gasteiger partial charge in [-0.05, 0) is 133 Å². The lowest BCUT2D eigenvalue weighted by molar-refractivity contribution is 0.157. The first-order chi connectivity index (χ1) is 26.7. The quantitative estimate of drug-likeness (QED) is 0.175. The smallest absolute Gasteiger partial charge is 0.132 e. The van der Waals surface area contributed by atoms with E-state index in [1.165, 1.54) is 81.3 Å². The van der Waals surface area contributed by atoms with Gasteiger partial charge < -0.3 is 4.74 Å². The zero-order chi connectivity index (χ0) is 38.8. The van der Waals surface area contributed by atoms with Gasteiger partial charge in [0.1, 0.15) is 11.5 Å². The van der Waals surface area contributed by atoms with Crippen molar-refractivity contribution in [1.82, 2.24) is 0 Å². The standard InChI is InChI=1S/C55H56O/c1-51(2)31-41(32-52(51,3)4)39-27-38(28-40(29-39)42-33-53(5,6)54(7,8)34-42)36-23-21-35(22-24-36)37-25-26-44-43-15-9-10-16-45(43)55(48(44)30-37)46-17-11-13-19-49(46)56-50-20-14-12-18-47(50)55/h9-30,41-42H,31-34H2,1-8H3. The fourth-order valence-electron chi connectivity index (χ4n) is 11.4. The van der Waals surface area contributed by atoms with E-state index in [0.29, 0.717) is 33.5 Å². The summed E-state index contributed by atoms with van der Waals surface area (Å²) in [5.41, 5.74) is 16.7. The SMILES string of the molecule is CC1(C)CC(c2cc(-c3ccc(-c4ccc5c(c4)C4(c6ccccc6Oc6ccccc64)c4ccccc4-5)cc3)cc(C3CC(C)(C)C(C)(C)C3)c2)CC1(C)C. The maximum Gasteiger partial charge on any atom is 0.132 e. The third kappa shape index (κ3) is 5.11. The Morgan fingerprint density at radius 1 is 0.375 bits per heavy atom. The van der Waals surface area contributed by atoms with Crippen molar-refractivity contribution in [2.45, 2.75) is 98.3 Å². The number of fused-ring (bicyclic) bond motifs is 9. The second kappa shape index (κ2) is 12.1. The highest BCUT2D eigenvalue weighted by atomic mass is 16.5. The van der Waals surface area contributed by atoms with Crippen LogP contribution in [0.5, 0.6) is 11.5 Å². The van der Waals surface area contributed by atoms with Crippen molar-refractivity contribution < 1.29 is 4.74 Å². The van der Waals surface area contributed by atoms with E-state index in [0.717, 1.165) is 11.5 Å². The summed E-state index contributed by atoms with van der Waals surface area (Å²) in [6.07, 6.45) is 4.98. The van der Waals surface area contributed by atoms with E-state index in [1.54, 1.807) is 11.1 Å². The van der Waals surface area contributed by atoms with Crippen LogP contribution < -0.4 is 4.74 Å². The minimum Gasteiger partial charge on any atom is -0.457 e. The fraction of sp³-hybridized carbons (Fsp3) is 0.345. The van der Waals surface area contributed by atoms with Crippen molar-refractivity contribution in [2.24, 2.45) is 21.7 Å². The van der Waals surface area contributed by atoms with Crippen LogP contribution in [0.25, 0.3) is 33.4 Å². The maximum absolute atomic E-state index is 6.59. The number of rotatable bonds is 4. The van der Waals surface area contributed by atoms with Gasteiger partial charge in [-0.1, -0.05) is 171 Å². The average Bonchev–Trinajstić information content (AvgIpc) is 3.69. The first-order valence-electron chi connectivity index (χ1n) is 21.1. The molecule has 1 heteroatoms. The molecule has 0 N–H and O–H groups in total. The number of hydrogen-bond acceptors (Lipinski definition) is 1. The highest BCUT2D eigenvalue weighted by molar-refractivity contribution is 5.90. The number of benzene rings is 6. The van der Waals surface area contributed by atoms with E-state index < -0.39 is 5.41 Å². The Morgan fingerprint density at radius 3 is 1.30 bits per heavy atom. The molecule has 0 bridgehead atoms. The van der Waals surface area contributed by atoms with Crippen molar-refractivity contribution in [3.8, 4) is 44.9 Å². The van der Waals surface area contributed by atoms with Gasteiger partial charge in [0, 0.05) is 11.1 Å². The largest absolute Gasteiger partial charge is 0.457 e. The third-order valence-corrected chi connectivity index (χ3v) is 16.0. The van der Waals surface area contributed by atoms with Crippen LogP contribution >= 0.6 is 0 Å². The Labute approximate surface area is 335 Å². The van der Waals surface area contributed by atoms with Crippen molar-refractivity contribution in [3.63, 3.8) is 0 Å². The molecule has 282 valence electrons. The molecule has 4 aliphatic rings. The molecule has 0 saturated heterocycles. The molecule has 0 radical (unpaired) electrons. The maximum atomic E-state index is 6.59. The molecule has 6 aromatic carbocycles. The molecule has 2 fully saturated rings. The zero-order valence-corrected chi connectivity index (χ0v) is 34.6. The highest BCUT2D eigenvalue weighted by Crippen LogP contribution is 2.63. The minimum absolute atomic E-state index is 0.317. The summed E-state index contributed by atoms with van der Waals surface area (Å²) in [6, 6.07) is 50.6. The van der Waals surface area contributed by atoms with Gasteiger partial charge in [-0.3, -0.25) is 0 Å². The number of para-hydroxylation sites is 2. The van der Waals surface area contributed by atoms with E-state index in [9.17, 15) is 0 Å². The average molecular weight is 733 g/mol. The second-order valence-electron chi connectivity index (χ2n) is 20.4. The van der Waals surface area contributed by atoms with Gasteiger partial charge in [-0.15, -0.1) is 0 Å². The van der Waals surface area contributed by atoms with Gasteiger partial charge in [0.05, 0.1) is 5.41 Å². The minimum atomic E-state index is -0.461. The molecular weight excluding hydrogens is 677 g/mol. The van der Waals surface area contributed by atoms with Crippen LogP contribution in [0.15, 0.2) is 133 Å². The van der Waals surface area contributed by atoms with Gasteiger partial charge in [-0.25, -0.2) is 0 Å². The van der Waals surface area contributed by atoms with Gasteiger partial charge in [-0.2, -0.15) is 0 Å². The van der Waals surface area contributed by atoms with Crippen LogP contribution in [0.3, 0.4) is 0 Å². The normalized spacial score (nSPS) is 20.6. The van der Waals surface area contributed by atoms with E-state index in [1.807, 2.05) is 0 Å². The number of ether oxygens (including phenoxy) is 1. The van der Waals surface area contributed by atoms with Gasteiger partial charge in [0.2, 0.25) is 0 Å². The number of hydrogen-bond donors (Lipinski definition) is 0. The Bertz CT molecular complexity index is 2390. The summed E-state index contributed by atoms with van der Waals surface area (Å²) in [4.78, 5) is 0.